The number of aromatic nitrogens is 1. The Bertz CT molecular complexity index is 1220. The molecular weight excluding hydrogens is 615 g/mol. The van der Waals surface area contributed by atoms with Crippen molar-refractivity contribution >= 4 is 77.1 Å². The van der Waals surface area contributed by atoms with E-state index in [0.29, 0.717) is 28.2 Å². The van der Waals surface area contributed by atoms with Crippen molar-refractivity contribution in [2.45, 2.75) is 0 Å². The van der Waals surface area contributed by atoms with E-state index >= 15 is 0 Å². The average molecular weight is 628 g/mol. The van der Waals surface area contributed by atoms with Crippen molar-refractivity contribution in [2.24, 2.45) is 0 Å². The third kappa shape index (κ3) is 4.34. The highest BCUT2D eigenvalue weighted by Gasteiger charge is 2.15. The Hall–Kier alpha value is -1.91. The van der Waals surface area contributed by atoms with E-state index in [1.54, 1.807) is 31.4 Å². The molecule has 0 aliphatic rings. The van der Waals surface area contributed by atoms with Crippen LogP contribution in [0.4, 0.5) is 5.69 Å². The van der Waals surface area contributed by atoms with Crippen molar-refractivity contribution in [1.29, 1.82) is 0 Å². The molecule has 0 aliphatic carbocycles. The zero-order valence-electron chi connectivity index (χ0n) is 15.0. The van der Waals surface area contributed by atoms with Gasteiger partial charge in [-0.3, -0.25) is 4.79 Å². The zero-order valence-corrected chi connectivity index (χ0v) is 20.3. The first kappa shape index (κ1) is 20.4. The van der Waals surface area contributed by atoms with Crippen molar-refractivity contribution < 1.29 is 13.9 Å². The predicted octanol–water partition coefficient (Wildman–Crippen LogP) is 6.89. The highest BCUT2D eigenvalue weighted by atomic mass is 127. The maximum Gasteiger partial charge on any atom is 0.256 e. The van der Waals surface area contributed by atoms with Crippen LogP contribution in [0.15, 0.2) is 68.0 Å². The van der Waals surface area contributed by atoms with Crippen LogP contribution in [0.3, 0.4) is 0 Å². The van der Waals surface area contributed by atoms with E-state index < -0.39 is 0 Å². The largest absolute Gasteiger partial charge is 0.497 e. The van der Waals surface area contributed by atoms with E-state index in [2.05, 4.69) is 64.8 Å². The molecule has 4 rings (SSSR count). The summed E-state index contributed by atoms with van der Waals surface area (Å²) in [7, 11) is 1.62. The molecule has 29 heavy (non-hydrogen) atoms. The number of methoxy groups -OCH3 is 1. The van der Waals surface area contributed by atoms with Gasteiger partial charge < -0.3 is 14.5 Å². The Kier molecular flexibility index (Phi) is 5.93. The van der Waals surface area contributed by atoms with Crippen LogP contribution in [0.5, 0.6) is 5.75 Å². The summed E-state index contributed by atoms with van der Waals surface area (Å²) in [5.74, 6) is 1.08. The van der Waals surface area contributed by atoms with Crippen LogP contribution in [0.1, 0.15) is 10.4 Å². The van der Waals surface area contributed by atoms with Crippen molar-refractivity contribution in [1.82, 2.24) is 4.98 Å². The van der Waals surface area contributed by atoms with Crippen LogP contribution in [0.2, 0.25) is 0 Å². The van der Waals surface area contributed by atoms with Crippen LogP contribution in [0, 0.1) is 3.57 Å². The molecule has 0 saturated heterocycles. The normalized spacial score (nSPS) is 10.9. The van der Waals surface area contributed by atoms with Gasteiger partial charge in [-0.1, -0.05) is 15.9 Å². The van der Waals surface area contributed by atoms with Gasteiger partial charge in [0.1, 0.15) is 11.3 Å². The van der Waals surface area contributed by atoms with Crippen molar-refractivity contribution in [3.63, 3.8) is 0 Å². The van der Waals surface area contributed by atoms with E-state index in [4.69, 9.17) is 9.15 Å². The highest BCUT2D eigenvalue weighted by molar-refractivity contribution is 14.1. The maximum absolute atomic E-state index is 12.7. The molecule has 0 fully saturated rings. The summed E-state index contributed by atoms with van der Waals surface area (Å²) in [6, 6.07) is 16.6. The van der Waals surface area contributed by atoms with Crippen molar-refractivity contribution in [2.75, 3.05) is 12.4 Å². The molecule has 1 N–H and O–H groups in total. The fourth-order valence-corrected chi connectivity index (χ4v) is 4.56. The molecule has 3 aromatic carbocycles. The van der Waals surface area contributed by atoms with E-state index in [1.807, 2.05) is 30.3 Å². The lowest BCUT2D eigenvalue weighted by Crippen LogP contribution is -2.13. The molecule has 0 saturated carbocycles. The minimum Gasteiger partial charge on any atom is -0.497 e. The van der Waals surface area contributed by atoms with Crippen LogP contribution >= 0.6 is 54.5 Å². The molecule has 0 spiro atoms. The summed E-state index contributed by atoms with van der Waals surface area (Å²) in [4.78, 5) is 17.3. The standard InChI is InChI=1S/C21H13Br2IN2O3/c1-28-14-5-2-11(3-6-14)21-26-17-10-13(4-7-18(17)29-21)25-20(27)15-8-12(22)9-16(23)19(15)24/h2-10H,1H3,(H,25,27). The third-order valence-electron chi connectivity index (χ3n) is 4.22. The van der Waals surface area contributed by atoms with E-state index in [9.17, 15) is 4.79 Å². The summed E-state index contributed by atoms with van der Waals surface area (Å²) < 4.78 is 13.5. The second kappa shape index (κ2) is 8.45. The Labute approximate surface area is 197 Å². The van der Waals surface area contributed by atoms with Gasteiger partial charge in [0, 0.05) is 23.8 Å². The number of hydrogen-bond acceptors (Lipinski definition) is 4. The number of rotatable bonds is 4. The number of carbonyl (C=O) groups is 1. The molecule has 0 atom stereocenters. The van der Waals surface area contributed by atoms with Gasteiger partial charge in [0.25, 0.3) is 5.91 Å². The monoisotopic (exact) mass is 626 g/mol. The average Bonchev–Trinajstić information content (AvgIpc) is 3.14. The number of nitrogens with zero attached hydrogens (tertiary/aromatic N) is 1. The molecule has 8 heteroatoms. The molecule has 0 bridgehead atoms. The number of carbonyl (C=O) groups excluding carboxylic acids is 1. The Morgan fingerprint density at radius 3 is 2.59 bits per heavy atom. The molecule has 0 unspecified atom stereocenters. The lowest BCUT2D eigenvalue weighted by molar-refractivity contribution is 0.102. The molecule has 0 radical (unpaired) electrons. The number of anilines is 1. The quantitative estimate of drug-likeness (QED) is 0.198. The van der Waals surface area contributed by atoms with Gasteiger partial charge in [-0.25, -0.2) is 4.98 Å². The number of nitrogens with one attached hydrogen (secondary N) is 1. The first-order chi connectivity index (χ1) is 13.9. The Balaban J connectivity index is 1.61. The van der Waals surface area contributed by atoms with E-state index in [1.165, 1.54) is 0 Å². The minimum absolute atomic E-state index is 0.199. The van der Waals surface area contributed by atoms with Crippen LogP contribution in [-0.4, -0.2) is 18.0 Å². The number of oxazole rings is 1. The first-order valence-corrected chi connectivity index (χ1v) is 11.1. The fourth-order valence-electron chi connectivity index (χ4n) is 2.78. The predicted molar refractivity (Wildman–Crippen MR) is 129 cm³/mol. The van der Waals surface area contributed by atoms with Gasteiger partial charge >= 0.3 is 0 Å². The molecule has 1 heterocycles. The van der Waals surface area contributed by atoms with Gasteiger partial charge in [0.2, 0.25) is 5.89 Å². The SMILES string of the molecule is COc1ccc(-c2nc3cc(NC(=O)c4cc(Br)cc(Br)c4I)ccc3o2)cc1. The molecule has 1 amide bonds. The topological polar surface area (TPSA) is 64.4 Å². The number of hydrogen-bond donors (Lipinski definition) is 1. The summed E-state index contributed by atoms with van der Waals surface area (Å²) in [5, 5.41) is 2.93. The fraction of sp³-hybridized carbons (Fsp3) is 0.0476. The van der Waals surface area contributed by atoms with Crippen LogP contribution < -0.4 is 10.1 Å². The molecule has 146 valence electrons. The van der Waals surface area contributed by atoms with Gasteiger partial charge in [0.15, 0.2) is 5.58 Å². The van der Waals surface area contributed by atoms with Crippen molar-refractivity contribution in [3.05, 3.63) is 72.7 Å². The summed E-state index contributed by atoms with van der Waals surface area (Å²) >= 11 is 9.04. The van der Waals surface area contributed by atoms with Gasteiger partial charge in [-0.05, 0) is 93.1 Å². The minimum atomic E-state index is -0.199. The van der Waals surface area contributed by atoms with Crippen LogP contribution in [0.25, 0.3) is 22.6 Å². The number of ether oxygens (including phenoxy) is 1. The molecule has 5 nitrogen and oxygen atoms in total. The molecule has 4 aromatic rings. The van der Waals surface area contributed by atoms with Gasteiger partial charge in [-0.2, -0.15) is 0 Å². The second-order valence-electron chi connectivity index (χ2n) is 6.13. The molecular formula is C21H13Br2IN2O3. The van der Waals surface area contributed by atoms with Gasteiger partial charge in [-0.15, -0.1) is 0 Å². The van der Waals surface area contributed by atoms with Gasteiger partial charge in [0.05, 0.1) is 12.7 Å². The Morgan fingerprint density at radius 2 is 1.86 bits per heavy atom. The number of halogens is 3. The number of amides is 1. The Morgan fingerprint density at radius 1 is 1.10 bits per heavy atom. The highest BCUT2D eigenvalue weighted by Crippen LogP contribution is 2.30. The third-order valence-corrected chi connectivity index (χ3v) is 7.21. The van der Waals surface area contributed by atoms with Crippen LogP contribution in [-0.2, 0) is 0 Å². The van der Waals surface area contributed by atoms with Crippen molar-refractivity contribution in [3.8, 4) is 17.2 Å². The van der Waals surface area contributed by atoms with E-state index in [-0.39, 0.29) is 5.91 Å². The number of benzene rings is 3. The summed E-state index contributed by atoms with van der Waals surface area (Å²) in [5.41, 5.74) is 3.38. The zero-order chi connectivity index (χ0) is 20.5. The van der Waals surface area contributed by atoms with E-state index in [0.717, 1.165) is 23.8 Å². The first-order valence-electron chi connectivity index (χ1n) is 8.45. The summed E-state index contributed by atoms with van der Waals surface area (Å²) in [6.45, 7) is 0. The molecule has 0 aliphatic heterocycles. The second-order valence-corrected chi connectivity index (χ2v) is 8.98. The lowest BCUT2D eigenvalue weighted by atomic mass is 10.2. The summed E-state index contributed by atoms with van der Waals surface area (Å²) in [6.07, 6.45) is 0. The number of fused-ring (bicyclic) bond motifs is 1. The molecule has 1 aromatic heterocycles. The smallest absolute Gasteiger partial charge is 0.256 e. The maximum atomic E-state index is 12.7. The lowest BCUT2D eigenvalue weighted by Gasteiger charge is -2.09.